The first-order chi connectivity index (χ1) is 6.89. The molecule has 4 N–H and O–H groups in total. The van der Waals surface area contributed by atoms with Crippen molar-refractivity contribution in [1.82, 2.24) is 0 Å². The number of anilines is 1. The lowest BCUT2D eigenvalue weighted by Crippen LogP contribution is -2.33. The minimum absolute atomic E-state index is 0.595. The number of carbonyl (C=O) groups excluding carboxylic acids is 1. The lowest BCUT2D eigenvalue weighted by Gasteiger charge is -2.23. The molecule has 4 heteroatoms. The summed E-state index contributed by atoms with van der Waals surface area (Å²) in [7, 11) is 0. The summed E-state index contributed by atoms with van der Waals surface area (Å²) in [6.45, 7) is 3.63. The summed E-state index contributed by atoms with van der Waals surface area (Å²) in [5.74, 6) is 0. The zero-order valence-electron chi connectivity index (χ0n) is 8.99. The van der Waals surface area contributed by atoms with E-state index in [1.54, 1.807) is 0 Å². The van der Waals surface area contributed by atoms with Crippen LogP contribution in [-0.2, 0) is 11.2 Å². The van der Waals surface area contributed by atoms with E-state index in [0.29, 0.717) is 12.1 Å². The predicted octanol–water partition coefficient (Wildman–Crippen LogP) is 1.69. The zero-order valence-corrected chi connectivity index (χ0v) is 8.99. The summed E-state index contributed by atoms with van der Waals surface area (Å²) in [6.07, 6.45) is -0.147. The molecule has 0 aliphatic rings. The Kier molecular flexibility index (Phi) is 3.19. The second kappa shape index (κ2) is 4.21. The summed E-state index contributed by atoms with van der Waals surface area (Å²) < 4.78 is 4.98. The number of primary amides is 1. The Bertz CT molecular complexity index is 344. The molecule has 1 rings (SSSR count). The first-order valence-corrected chi connectivity index (χ1v) is 4.72. The molecule has 1 aromatic carbocycles. The standard InChI is InChI=1S/C11H16N2O2/c1-11(2,15-10(13)14)7-8-3-5-9(12)6-4-8/h3-6H,7,12H2,1-2H3,(H2,13,14). The van der Waals surface area contributed by atoms with Crippen LogP contribution in [0.3, 0.4) is 0 Å². The average Bonchev–Trinajstić information content (AvgIpc) is 2.06. The smallest absolute Gasteiger partial charge is 0.405 e. The molecule has 15 heavy (non-hydrogen) atoms. The Labute approximate surface area is 89.2 Å². The minimum Gasteiger partial charge on any atom is -0.443 e. The number of benzene rings is 1. The van der Waals surface area contributed by atoms with E-state index in [0.717, 1.165) is 5.56 Å². The molecule has 0 saturated heterocycles. The lowest BCUT2D eigenvalue weighted by atomic mass is 9.98. The third kappa shape index (κ3) is 3.89. The third-order valence-corrected chi connectivity index (χ3v) is 1.99. The number of carbonyl (C=O) groups is 1. The molecule has 0 aromatic heterocycles. The molecule has 0 aliphatic carbocycles. The van der Waals surface area contributed by atoms with Crippen molar-refractivity contribution >= 4 is 11.8 Å². The van der Waals surface area contributed by atoms with Crippen LogP contribution in [0.2, 0.25) is 0 Å². The minimum atomic E-state index is -0.754. The molecule has 82 valence electrons. The van der Waals surface area contributed by atoms with Crippen LogP contribution >= 0.6 is 0 Å². The van der Waals surface area contributed by atoms with Gasteiger partial charge in [0.15, 0.2) is 0 Å². The van der Waals surface area contributed by atoms with Gasteiger partial charge < -0.3 is 16.2 Å². The van der Waals surface area contributed by atoms with Crippen LogP contribution < -0.4 is 11.5 Å². The Morgan fingerprint density at radius 2 is 1.87 bits per heavy atom. The molecule has 1 amide bonds. The Morgan fingerprint density at radius 3 is 2.33 bits per heavy atom. The Morgan fingerprint density at radius 1 is 1.33 bits per heavy atom. The molecular formula is C11H16N2O2. The number of nitrogens with two attached hydrogens (primary N) is 2. The van der Waals surface area contributed by atoms with Gasteiger partial charge in [-0.3, -0.25) is 0 Å². The fourth-order valence-corrected chi connectivity index (χ4v) is 1.44. The first-order valence-electron chi connectivity index (χ1n) is 4.72. The highest BCUT2D eigenvalue weighted by atomic mass is 16.6. The number of rotatable bonds is 3. The quantitative estimate of drug-likeness (QED) is 0.742. The summed E-state index contributed by atoms with van der Waals surface area (Å²) in [6, 6.07) is 7.44. The fourth-order valence-electron chi connectivity index (χ4n) is 1.44. The van der Waals surface area contributed by atoms with Crippen LogP contribution in [0.15, 0.2) is 24.3 Å². The zero-order chi connectivity index (χ0) is 11.5. The molecule has 0 heterocycles. The molecular weight excluding hydrogens is 192 g/mol. The van der Waals surface area contributed by atoms with Gasteiger partial charge in [0.25, 0.3) is 0 Å². The molecule has 0 spiro atoms. The summed E-state index contributed by atoms with van der Waals surface area (Å²) in [4.78, 5) is 10.6. The van der Waals surface area contributed by atoms with E-state index in [-0.39, 0.29) is 0 Å². The van der Waals surface area contributed by atoms with E-state index < -0.39 is 11.7 Å². The van der Waals surface area contributed by atoms with E-state index >= 15 is 0 Å². The molecule has 0 radical (unpaired) electrons. The van der Waals surface area contributed by atoms with Crippen molar-refractivity contribution in [2.75, 3.05) is 5.73 Å². The van der Waals surface area contributed by atoms with E-state index in [4.69, 9.17) is 16.2 Å². The van der Waals surface area contributed by atoms with Gasteiger partial charge in [0.05, 0.1) is 0 Å². The van der Waals surface area contributed by atoms with Crippen molar-refractivity contribution in [3.8, 4) is 0 Å². The van der Waals surface area contributed by atoms with Crippen molar-refractivity contribution in [3.63, 3.8) is 0 Å². The maximum Gasteiger partial charge on any atom is 0.405 e. The van der Waals surface area contributed by atoms with Gasteiger partial charge in [-0.2, -0.15) is 0 Å². The van der Waals surface area contributed by atoms with Crippen LogP contribution in [-0.4, -0.2) is 11.7 Å². The van der Waals surface area contributed by atoms with Crippen LogP contribution in [0.4, 0.5) is 10.5 Å². The maximum absolute atomic E-state index is 10.6. The fraction of sp³-hybridized carbons (Fsp3) is 0.364. The van der Waals surface area contributed by atoms with Gasteiger partial charge >= 0.3 is 6.09 Å². The van der Waals surface area contributed by atoms with Crippen LogP contribution in [0, 0.1) is 0 Å². The molecule has 0 atom stereocenters. The average molecular weight is 208 g/mol. The SMILES string of the molecule is CC(C)(Cc1ccc(N)cc1)OC(N)=O. The van der Waals surface area contributed by atoms with Crippen LogP contribution in [0.5, 0.6) is 0 Å². The number of hydrogen-bond acceptors (Lipinski definition) is 3. The van der Waals surface area contributed by atoms with Gasteiger partial charge in [0, 0.05) is 12.1 Å². The lowest BCUT2D eigenvalue weighted by molar-refractivity contribution is 0.0460. The highest BCUT2D eigenvalue weighted by Gasteiger charge is 2.21. The van der Waals surface area contributed by atoms with Crippen molar-refractivity contribution in [1.29, 1.82) is 0 Å². The second-order valence-corrected chi connectivity index (χ2v) is 4.10. The topological polar surface area (TPSA) is 78.3 Å². The molecule has 1 aromatic rings. The number of nitrogen functional groups attached to an aromatic ring is 1. The Balaban J connectivity index is 2.68. The summed E-state index contributed by atoms with van der Waals surface area (Å²) in [5.41, 5.74) is 11.7. The van der Waals surface area contributed by atoms with E-state index in [9.17, 15) is 4.79 Å². The first kappa shape index (κ1) is 11.4. The molecule has 0 bridgehead atoms. The maximum atomic E-state index is 10.6. The molecule has 0 aliphatic heterocycles. The van der Waals surface area contributed by atoms with E-state index in [1.807, 2.05) is 38.1 Å². The van der Waals surface area contributed by atoms with Gasteiger partial charge in [-0.1, -0.05) is 12.1 Å². The van der Waals surface area contributed by atoms with Gasteiger partial charge in [0.2, 0.25) is 0 Å². The monoisotopic (exact) mass is 208 g/mol. The van der Waals surface area contributed by atoms with Crippen molar-refractivity contribution < 1.29 is 9.53 Å². The number of ether oxygens (including phenoxy) is 1. The summed E-state index contributed by atoms with van der Waals surface area (Å²) in [5, 5.41) is 0. The van der Waals surface area contributed by atoms with Gasteiger partial charge in [0.1, 0.15) is 5.60 Å². The number of amides is 1. The Hall–Kier alpha value is -1.71. The highest BCUT2D eigenvalue weighted by molar-refractivity contribution is 5.65. The molecule has 4 nitrogen and oxygen atoms in total. The highest BCUT2D eigenvalue weighted by Crippen LogP contribution is 2.17. The molecule has 0 unspecified atom stereocenters. The normalized spacial score (nSPS) is 11.1. The second-order valence-electron chi connectivity index (χ2n) is 4.10. The van der Waals surface area contributed by atoms with Crippen molar-refractivity contribution in [2.24, 2.45) is 5.73 Å². The molecule has 0 saturated carbocycles. The molecule has 0 fully saturated rings. The van der Waals surface area contributed by atoms with Crippen LogP contribution in [0.1, 0.15) is 19.4 Å². The van der Waals surface area contributed by atoms with Crippen molar-refractivity contribution in [3.05, 3.63) is 29.8 Å². The van der Waals surface area contributed by atoms with Crippen molar-refractivity contribution in [2.45, 2.75) is 25.9 Å². The van der Waals surface area contributed by atoms with Crippen LogP contribution in [0.25, 0.3) is 0 Å². The van der Waals surface area contributed by atoms with E-state index in [1.165, 1.54) is 0 Å². The largest absolute Gasteiger partial charge is 0.443 e. The van der Waals surface area contributed by atoms with Gasteiger partial charge in [-0.15, -0.1) is 0 Å². The number of hydrogen-bond donors (Lipinski definition) is 2. The predicted molar refractivity (Wildman–Crippen MR) is 59.3 cm³/mol. The third-order valence-electron chi connectivity index (χ3n) is 1.99. The summed E-state index contributed by atoms with van der Waals surface area (Å²) >= 11 is 0. The van der Waals surface area contributed by atoms with Gasteiger partial charge in [-0.05, 0) is 31.5 Å². The van der Waals surface area contributed by atoms with Gasteiger partial charge in [-0.25, -0.2) is 4.79 Å². The van der Waals surface area contributed by atoms with E-state index in [2.05, 4.69) is 0 Å².